The molecule has 1 N–H and O–H groups in total. The average molecular weight is 386 g/mol. The normalized spacial score (nSPS) is 17.8. The van der Waals surface area contributed by atoms with Crippen molar-refractivity contribution in [2.45, 2.75) is 38.6 Å². The van der Waals surface area contributed by atoms with Gasteiger partial charge in [0.2, 0.25) is 5.91 Å². The lowest BCUT2D eigenvalue weighted by Gasteiger charge is -2.29. The Hall–Kier alpha value is -2.54. The van der Waals surface area contributed by atoms with Crippen LogP contribution in [0.1, 0.15) is 31.1 Å². The fraction of sp³-hybridized carbons (Fsp3) is 0.524. The lowest BCUT2D eigenvalue weighted by atomic mass is 9.96. The van der Waals surface area contributed by atoms with E-state index >= 15 is 0 Å². The predicted molar refractivity (Wildman–Crippen MR) is 103 cm³/mol. The molecule has 0 bridgehead atoms. The molecule has 150 valence electrons. The Morgan fingerprint density at radius 2 is 2.00 bits per heavy atom. The first kappa shape index (κ1) is 18.8. The topological polar surface area (TPSA) is 81.0 Å². The largest absolute Gasteiger partial charge is 0.484 e. The van der Waals surface area contributed by atoms with Crippen LogP contribution in [0.5, 0.6) is 5.75 Å². The Morgan fingerprint density at radius 1 is 1.21 bits per heavy atom. The van der Waals surface area contributed by atoms with E-state index in [0.29, 0.717) is 32.1 Å². The second kappa shape index (κ2) is 8.22. The molecule has 0 spiro atoms. The molecule has 1 fully saturated rings. The molecule has 7 nitrogen and oxygen atoms in total. The number of morpholine rings is 1. The first-order valence-electron chi connectivity index (χ1n) is 9.95. The number of rotatable bonds is 5. The third-order valence-electron chi connectivity index (χ3n) is 5.37. The van der Waals surface area contributed by atoms with E-state index in [1.807, 2.05) is 18.2 Å². The van der Waals surface area contributed by atoms with Gasteiger partial charge in [0.05, 0.1) is 13.2 Å². The zero-order valence-corrected chi connectivity index (χ0v) is 16.2. The molecular formula is C21H26N2O5. The van der Waals surface area contributed by atoms with Crippen molar-refractivity contribution < 1.29 is 23.5 Å². The molecule has 2 aromatic rings. The van der Waals surface area contributed by atoms with Crippen LogP contribution in [-0.2, 0) is 27.2 Å². The molecule has 1 unspecified atom stereocenters. The van der Waals surface area contributed by atoms with E-state index in [2.05, 4.69) is 5.32 Å². The fourth-order valence-electron chi connectivity index (χ4n) is 3.88. The molecule has 1 aliphatic heterocycles. The van der Waals surface area contributed by atoms with Crippen molar-refractivity contribution in [1.29, 1.82) is 0 Å². The maximum Gasteiger partial charge on any atom is 0.258 e. The van der Waals surface area contributed by atoms with Crippen LogP contribution in [0.25, 0.3) is 11.0 Å². The van der Waals surface area contributed by atoms with Gasteiger partial charge in [-0.2, -0.15) is 0 Å². The average Bonchev–Trinajstić information content (AvgIpc) is 3.10. The molecule has 1 atom stereocenters. The highest BCUT2D eigenvalue weighted by molar-refractivity contribution is 5.88. The van der Waals surface area contributed by atoms with Crippen LogP contribution < -0.4 is 10.1 Å². The summed E-state index contributed by atoms with van der Waals surface area (Å²) in [5.41, 5.74) is 2.13. The lowest BCUT2D eigenvalue weighted by Crippen LogP contribution is -2.51. The highest BCUT2D eigenvalue weighted by atomic mass is 16.5. The van der Waals surface area contributed by atoms with Crippen LogP contribution in [0.4, 0.5) is 0 Å². The van der Waals surface area contributed by atoms with Gasteiger partial charge in [0.15, 0.2) is 6.61 Å². The van der Waals surface area contributed by atoms with E-state index in [4.69, 9.17) is 13.9 Å². The quantitative estimate of drug-likeness (QED) is 0.851. The van der Waals surface area contributed by atoms with Crippen molar-refractivity contribution in [2.75, 3.05) is 32.9 Å². The summed E-state index contributed by atoms with van der Waals surface area (Å²) in [6.45, 7) is 3.76. The summed E-state index contributed by atoms with van der Waals surface area (Å²) in [6, 6.07) is 5.06. The third-order valence-corrected chi connectivity index (χ3v) is 5.37. The summed E-state index contributed by atoms with van der Waals surface area (Å²) in [5, 5.41) is 3.79. The zero-order valence-electron chi connectivity index (χ0n) is 16.2. The first-order valence-corrected chi connectivity index (χ1v) is 9.95. The second-order valence-electron chi connectivity index (χ2n) is 7.38. The Kier molecular flexibility index (Phi) is 5.52. The molecule has 1 aromatic heterocycles. The van der Waals surface area contributed by atoms with Crippen molar-refractivity contribution in [3.63, 3.8) is 0 Å². The van der Waals surface area contributed by atoms with Crippen molar-refractivity contribution in [2.24, 2.45) is 0 Å². The Bertz CT molecular complexity index is 869. The third kappa shape index (κ3) is 3.99. The van der Waals surface area contributed by atoms with Crippen LogP contribution in [0.2, 0.25) is 0 Å². The molecule has 1 saturated heterocycles. The second-order valence-corrected chi connectivity index (χ2v) is 7.38. The van der Waals surface area contributed by atoms with E-state index in [9.17, 15) is 9.59 Å². The molecule has 2 amide bonds. The maximum atomic E-state index is 12.4. The Labute approximate surface area is 163 Å². The van der Waals surface area contributed by atoms with Crippen LogP contribution in [0.3, 0.4) is 0 Å². The minimum absolute atomic E-state index is 0.0944. The molecular weight excluding hydrogens is 360 g/mol. The van der Waals surface area contributed by atoms with Gasteiger partial charge in [0.25, 0.3) is 5.91 Å². The van der Waals surface area contributed by atoms with Gasteiger partial charge in [-0.3, -0.25) is 9.59 Å². The molecule has 1 aromatic carbocycles. The van der Waals surface area contributed by atoms with Gasteiger partial charge < -0.3 is 24.1 Å². The molecule has 28 heavy (non-hydrogen) atoms. The molecule has 2 heterocycles. The van der Waals surface area contributed by atoms with Crippen molar-refractivity contribution >= 4 is 22.8 Å². The van der Waals surface area contributed by atoms with Gasteiger partial charge in [0.1, 0.15) is 23.1 Å². The van der Waals surface area contributed by atoms with Crippen molar-refractivity contribution in [3.05, 3.63) is 29.5 Å². The van der Waals surface area contributed by atoms with E-state index in [1.54, 1.807) is 11.8 Å². The number of nitrogens with zero attached hydrogens (tertiary/aromatic N) is 1. The van der Waals surface area contributed by atoms with Gasteiger partial charge in [-0.25, -0.2) is 0 Å². The molecule has 7 heteroatoms. The van der Waals surface area contributed by atoms with Crippen LogP contribution in [-0.4, -0.2) is 55.7 Å². The van der Waals surface area contributed by atoms with E-state index < -0.39 is 6.04 Å². The fourth-order valence-corrected chi connectivity index (χ4v) is 3.88. The predicted octanol–water partition coefficient (Wildman–Crippen LogP) is 2.05. The van der Waals surface area contributed by atoms with E-state index in [1.165, 1.54) is 12.0 Å². The number of carbonyl (C=O) groups excluding carboxylic acids is 2. The van der Waals surface area contributed by atoms with Gasteiger partial charge in [-0.05, 0) is 44.4 Å². The number of carbonyl (C=O) groups is 2. The minimum atomic E-state index is -0.586. The summed E-state index contributed by atoms with van der Waals surface area (Å²) in [7, 11) is 0. The monoisotopic (exact) mass is 386 g/mol. The highest BCUT2D eigenvalue weighted by Crippen LogP contribution is 2.33. The summed E-state index contributed by atoms with van der Waals surface area (Å²) in [4.78, 5) is 26.3. The van der Waals surface area contributed by atoms with Crippen LogP contribution >= 0.6 is 0 Å². The number of aryl methyl sites for hydroxylation is 2. The van der Waals surface area contributed by atoms with E-state index in [-0.39, 0.29) is 18.4 Å². The van der Waals surface area contributed by atoms with Crippen molar-refractivity contribution in [1.82, 2.24) is 10.2 Å². The summed E-state index contributed by atoms with van der Waals surface area (Å²) < 4.78 is 16.8. The van der Waals surface area contributed by atoms with Gasteiger partial charge >= 0.3 is 0 Å². The Morgan fingerprint density at radius 3 is 2.82 bits per heavy atom. The van der Waals surface area contributed by atoms with Crippen LogP contribution in [0.15, 0.2) is 22.6 Å². The summed E-state index contributed by atoms with van der Waals surface area (Å²) in [5.74, 6) is 1.29. The minimum Gasteiger partial charge on any atom is -0.484 e. The number of furan rings is 1. The van der Waals surface area contributed by atoms with Gasteiger partial charge in [0, 0.05) is 30.5 Å². The Balaban J connectivity index is 1.33. The zero-order chi connectivity index (χ0) is 19.5. The first-order chi connectivity index (χ1) is 13.6. The number of ether oxygens (including phenoxy) is 2. The van der Waals surface area contributed by atoms with Crippen molar-refractivity contribution in [3.8, 4) is 5.75 Å². The highest BCUT2D eigenvalue weighted by Gasteiger charge is 2.24. The number of amides is 2. The summed E-state index contributed by atoms with van der Waals surface area (Å²) in [6.07, 6.45) is 4.34. The molecule has 0 saturated carbocycles. The van der Waals surface area contributed by atoms with E-state index in [0.717, 1.165) is 36.0 Å². The maximum absolute atomic E-state index is 12.4. The number of fused-ring (bicyclic) bond motifs is 3. The molecule has 1 aliphatic carbocycles. The molecule has 0 radical (unpaired) electrons. The number of nitrogens with one attached hydrogen (secondary N) is 1. The number of hydrogen-bond acceptors (Lipinski definition) is 5. The standard InChI is InChI=1S/C21H26N2O5/c1-14(21(25)23-8-10-26-11-9-23)22-20(24)13-27-15-6-7-19-17(12-15)16-4-2-3-5-18(16)28-19/h6-7,12,14H,2-5,8-11,13H2,1H3,(H,22,24). The number of hydrogen-bond donors (Lipinski definition) is 1. The number of benzene rings is 1. The van der Waals surface area contributed by atoms with Gasteiger partial charge in [-0.15, -0.1) is 0 Å². The molecule has 2 aliphatic rings. The SMILES string of the molecule is CC(NC(=O)COc1ccc2oc3c(c2c1)CCCC3)C(=O)N1CCOCC1. The summed E-state index contributed by atoms with van der Waals surface area (Å²) >= 11 is 0. The molecule has 4 rings (SSSR count). The smallest absolute Gasteiger partial charge is 0.258 e. The lowest BCUT2D eigenvalue weighted by molar-refractivity contribution is -0.139. The van der Waals surface area contributed by atoms with Gasteiger partial charge in [-0.1, -0.05) is 0 Å². The van der Waals surface area contributed by atoms with Crippen LogP contribution in [0, 0.1) is 0 Å².